The number of aliphatic carboxylic acids is 2. The Balaban J connectivity index is 4.44. The molecule has 0 spiro atoms. The summed E-state index contributed by atoms with van der Waals surface area (Å²) in [7, 11) is 0. The Hall–Kier alpha value is -3.93. The van der Waals surface area contributed by atoms with Crippen LogP contribution in [0.2, 0.25) is 0 Å². The predicted octanol–water partition coefficient (Wildman–Crippen LogP) is -2.14. The van der Waals surface area contributed by atoms with E-state index in [2.05, 4.69) is 0 Å². The lowest BCUT2D eigenvalue weighted by atomic mass is 9.65. The van der Waals surface area contributed by atoms with Crippen LogP contribution in [-0.4, -0.2) is 108 Å². The Morgan fingerprint density at radius 1 is 0.848 bits per heavy atom. The quantitative estimate of drug-likeness (QED) is 0.0740. The van der Waals surface area contributed by atoms with Crippen LogP contribution in [0, 0.1) is 5.92 Å². The van der Waals surface area contributed by atoms with Gasteiger partial charge in [-0.3, -0.25) is 33.7 Å². The number of ketones is 3. The molecule has 46 heavy (non-hydrogen) atoms. The first-order valence-electron chi connectivity index (χ1n) is 14.6. The molecular formula is C30H45N5O11. The van der Waals surface area contributed by atoms with Gasteiger partial charge in [-0.1, -0.05) is 50.6 Å². The number of imide groups is 1. The van der Waals surface area contributed by atoms with Crippen LogP contribution >= 0.6 is 0 Å². The summed E-state index contributed by atoms with van der Waals surface area (Å²) in [5, 5.41) is 42.3. The number of nitrogens with two attached hydrogens (primary N) is 4. The van der Waals surface area contributed by atoms with E-state index in [4.69, 9.17) is 28.0 Å². The molecule has 8 unspecified atom stereocenters. The van der Waals surface area contributed by atoms with Crippen molar-refractivity contribution in [2.45, 2.75) is 101 Å². The molecule has 16 heteroatoms. The molecule has 12 N–H and O–H groups in total. The van der Waals surface area contributed by atoms with Crippen molar-refractivity contribution in [2.24, 2.45) is 28.9 Å². The second kappa shape index (κ2) is 16.6. The van der Waals surface area contributed by atoms with Crippen LogP contribution in [0.1, 0.15) is 58.9 Å². The number of hydrogen-bond donors (Lipinski definition) is 8. The molecule has 0 aliphatic heterocycles. The second-order valence-electron chi connectivity index (χ2n) is 11.5. The molecule has 0 heterocycles. The number of rotatable bonds is 19. The molecular weight excluding hydrogens is 606 g/mol. The third-order valence-corrected chi connectivity index (χ3v) is 7.78. The van der Waals surface area contributed by atoms with Gasteiger partial charge in [-0.2, -0.15) is 0 Å². The summed E-state index contributed by atoms with van der Waals surface area (Å²) >= 11 is 0. The molecule has 0 saturated heterocycles. The molecule has 16 nitrogen and oxygen atoms in total. The number of nitrogens with zero attached hydrogens (tertiary/aromatic N) is 1. The molecule has 1 aromatic rings. The van der Waals surface area contributed by atoms with Crippen molar-refractivity contribution in [3.05, 3.63) is 35.9 Å². The van der Waals surface area contributed by atoms with Crippen molar-refractivity contribution >= 4 is 41.1 Å². The van der Waals surface area contributed by atoms with Gasteiger partial charge < -0.3 is 43.4 Å². The Bertz CT molecular complexity index is 1310. The Morgan fingerprint density at radius 2 is 1.37 bits per heavy atom. The van der Waals surface area contributed by atoms with Gasteiger partial charge in [0.15, 0.2) is 17.3 Å². The summed E-state index contributed by atoms with van der Waals surface area (Å²) in [6.45, 7) is 4.95. The summed E-state index contributed by atoms with van der Waals surface area (Å²) in [4.78, 5) is 95.0. The Morgan fingerprint density at radius 3 is 1.80 bits per heavy atom. The van der Waals surface area contributed by atoms with E-state index < -0.39 is 108 Å². The minimum absolute atomic E-state index is 0.109. The fraction of sp³-hybridized carbons (Fsp3) is 0.567. The van der Waals surface area contributed by atoms with Gasteiger partial charge in [0.2, 0.25) is 17.4 Å². The number of carboxylic acid groups (broad SMARTS) is 2. The molecule has 0 radical (unpaired) electrons. The van der Waals surface area contributed by atoms with Crippen LogP contribution in [0.5, 0.6) is 0 Å². The molecule has 256 valence electrons. The Kier molecular flexibility index (Phi) is 14.4. The third-order valence-electron chi connectivity index (χ3n) is 7.78. The van der Waals surface area contributed by atoms with Gasteiger partial charge in [0.1, 0.15) is 0 Å². The molecule has 0 aromatic heterocycles. The maximum Gasteiger partial charge on any atom is 0.342 e. The highest BCUT2D eigenvalue weighted by molar-refractivity contribution is 6.29. The van der Waals surface area contributed by atoms with E-state index in [-0.39, 0.29) is 17.7 Å². The van der Waals surface area contributed by atoms with E-state index in [1.54, 1.807) is 25.1 Å². The number of aliphatic hydroxyl groups excluding tert-OH is 1. The minimum Gasteiger partial charge on any atom is -0.481 e. The van der Waals surface area contributed by atoms with Crippen LogP contribution in [0.4, 0.5) is 0 Å². The van der Waals surface area contributed by atoms with Gasteiger partial charge >= 0.3 is 11.9 Å². The standard InChI is InChI=1S/C30H45N5O11/c1-5-15(2)23(34)25(41)29(28(44)45,30(46,24(40)17(4)31)21(37)13-16(3)36)35(26(42)19(32)11-12-22(38)39)27(43)20(33)14-18-9-7-6-8-10-18/h6-10,15-17,19-20,23,36,46H,5,11-14,31-34H2,1-4H3,(H,38,39)(H,44,45). The van der Waals surface area contributed by atoms with E-state index in [1.165, 1.54) is 19.1 Å². The lowest BCUT2D eigenvalue weighted by Crippen LogP contribution is -2.84. The van der Waals surface area contributed by atoms with Crippen molar-refractivity contribution in [1.29, 1.82) is 0 Å². The zero-order chi connectivity index (χ0) is 35.7. The van der Waals surface area contributed by atoms with E-state index in [0.717, 1.165) is 13.8 Å². The molecule has 0 aliphatic carbocycles. The fourth-order valence-corrected chi connectivity index (χ4v) is 4.95. The van der Waals surface area contributed by atoms with Crippen LogP contribution in [0.25, 0.3) is 0 Å². The predicted molar refractivity (Wildman–Crippen MR) is 163 cm³/mol. The van der Waals surface area contributed by atoms with E-state index in [0.29, 0.717) is 5.56 Å². The highest BCUT2D eigenvalue weighted by Gasteiger charge is 2.75. The molecule has 1 rings (SSSR count). The summed E-state index contributed by atoms with van der Waals surface area (Å²) in [6.07, 6.45) is -4.53. The van der Waals surface area contributed by atoms with Gasteiger partial charge in [0.25, 0.3) is 5.54 Å². The second-order valence-corrected chi connectivity index (χ2v) is 11.5. The number of carbonyl (C=O) groups excluding carboxylic acids is 5. The normalized spacial score (nSPS) is 18.0. The molecule has 8 atom stereocenters. The Labute approximate surface area is 266 Å². The van der Waals surface area contributed by atoms with Gasteiger partial charge in [-0.25, -0.2) is 4.79 Å². The maximum atomic E-state index is 14.5. The largest absolute Gasteiger partial charge is 0.481 e. The van der Waals surface area contributed by atoms with Crippen molar-refractivity contribution < 1.29 is 54.0 Å². The molecule has 0 bridgehead atoms. The summed E-state index contributed by atoms with van der Waals surface area (Å²) in [5.74, 6) is -13.7. The summed E-state index contributed by atoms with van der Waals surface area (Å²) in [5.41, 5.74) is 16.1. The number of carbonyl (C=O) groups is 7. The van der Waals surface area contributed by atoms with Crippen molar-refractivity contribution in [3.63, 3.8) is 0 Å². The molecule has 2 amide bonds. The number of carboxylic acids is 2. The van der Waals surface area contributed by atoms with Gasteiger partial charge in [-0.05, 0) is 38.2 Å². The van der Waals surface area contributed by atoms with Crippen LogP contribution in [0.15, 0.2) is 30.3 Å². The maximum absolute atomic E-state index is 14.5. The SMILES string of the molecule is CCC(C)C(N)C(=O)C(C(=O)O)(N(C(=O)C(N)CCC(=O)O)C(=O)C(N)Cc1ccccc1)C(O)(C(=O)CC(C)O)C(=O)C(C)N. The molecule has 1 aromatic carbocycles. The first-order valence-corrected chi connectivity index (χ1v) is 14.6. The van der Waals surface area contributed by atoms with Crippen molar-refractivity contribution in [2.75, 3.05) is 0 Å². The fourth-order valence-electron chi connectivity index (χ4n) is 4.95. The average Bonchev–Trinajstić information content (AvgIpc) is 2.99. The van der Waals surface area contributed by atoms with E-state index in [9.17, 15) is 48.9 Å². The molecule has 0 fully saturated rings. The van der Waals surface area contributed by atoms with E-state index >= 15 is 0 Å². The smallest absolute Gasteiger partial charge is 0.342 e. The lowest BCUT2D eigenvalue weighted by molar-refractivity contribution is -0.196. The van der Waals surface area contributed by atoms with Crippen molar-refractivity contribution in [1.82, 2.24) is 4.90 Å². The number of Topliss-reactive ketones (excluding diaryl/α,β-unsaturated/α-hetero) is 3. The number of hydrogen-bond acceptors (Lipinski definition) is 13. The van der Waals surface area contributed by atoms with Gasteiger partial charge in [0, 0.05) is 12.8 Å². The van der Waals surface area contributed by atoms with Gasteiger partial charge in [0.05, 0.1) is 30.3 Å². The lowest BCUT2D eigenvalue weighted by Gasteiger charge is -2.49. The monoisotopic (exact) mass is 651 g/mol. The van der Waals surface area contributed by atoms with Crippen molar-refractivity contribution in [3.8, 4) is 0 Å². The van der Waals surface area contributed by atoms with E-state index in [1.807, 2.05) is 0 Å². The highest BCUT2D eigenvalue weighted by atomic mass is 16.4. The zero-order valence-corrected chi connectivity index (χ0v) is 26.3. The third kappa shape index (κ3) is 8.26. The first kappa shape index (κ1) is 40.1. The zero-order valence-electron chi connectivity index (χ0n) is 26.3. The average molecular weight is 652 g/mol. The van der Waals surface area contributed by atoms with Gasteiger partial charge in [-0.15, -0.1) is 0 Å². The summed E-state index contributed by atoms with van der Waals surface area (Å²) in [6, 6.07) is 0.179. The summed E-state index contributed by atoms with van der Waals surface area (Å²) < 4.78 is 0. The molecule has 0 saturated carbocycles. The van der Waals surface area contributed by atoms with Crippen LogP contribution in [-0.2, 0) is 40.0 Å². The first-order chi connectivity index (χ1) is 21.2. The topological polar surface area (TPSA) is 308 Å². The molecule has 0 aliphatic rings. The minimum atomic E-state index is -4.17. The van der Waals surface area contributed by atoms with Crippen LogP contribution in [0.3, 0.4) is 0 Å². The number of benzene rings is 1. The highest BCUT2D eigenvalue weighted by Crippen LogP contribution is 2.38. The number of amides is 2. The number of aliphatic hydroxyl groups is 2. The van der Waals surface area contributed by atoms with Crippen LogP contribution < -0.4 is 22.9 Å².